The lowest BCUT2D eigenvalue weighted by Crippen LogP contribution is -2.43. The van der Waals surface area contributed by atoms with E-state index in [1.807, 2.05) is 30.3 Å². The molecule has 42 heavy (non-hydrogen) atoms. The number of amides is 1. The smallest absolute Gasteiger partial charge is 0.296 e. The highest BCUT2D eigenvalue weighted by Crippen LogP contribution is 2.36. The Morgan fingerprint density at radius 1 is 1.12 bits per heavy atom. The fourth-order valence-corrected chi connectivity index (χ4v) is 5.43. The number of fused-ring (bicyclic) bond motifs is 2. The second-order valence-electron chi connectivity index (χ2n) is 10.5. The Kier molecular flexibility index (Phi) is 7.81. The zero-order valence-electron chi connectivity index (χ0n) is 23.2. The molecule has 0 atom stereocenters. The number of benzene rings is 2. The van der Waals surface area contributed by atoms with E-state index in [1.54, 1.807) is 17.6 Å². The van der Waals surface area contributed by atoms with Crippen molar-refractivity contribution in [3.63, 3.8) is 0 Å². The van der Waals surface area contributed by atoms with E-state index >= 15 is 0 Å². The number of carbonyl (C=O) groups excluding carboxylic acids is 1. The molecular weight excluding hydrogens is 543 g/mol. The second kappa shape index (κ2) is 11.8. The van der Waals surface area contributed by atoms with Gasteiger partial charge in [0.1, 0.15) is 24.1 Å². The second-order valence-corrected chi connectivity index (χ2v) is 10.5. The van der Waals surface area contributed by atoms with Crippen LogP contribution in [0.3, 0.4) is 0 Å². The van der Waals surface area contributed by atoms with Crippen LogP contribution >= 0.6 is 0 Å². The molecule has 4 aromatic rings. The van der Waals surface area contributed by atoms with Gasteiger partial charge in [-0.3, -0.25) is 19.3 Å². The number of hydrogen-bond donors (Lipinski definition) is 2. The maximum absolute atomic E-state index is 14.2. The number of ether oxygens (including phenoxy) is 3. The molecule has 6 rings (SSSR count). The molecule has 0 radical (unpaired) electrons. The molecule has 11 nitrogen and oxygen atoms in total. The van der Waals surface area contributed by atoms with Crippen LogP contribution in [0.4, 0.5) is 4.39 Å². The number of carbonyl (C=O) groups is 1. The van der Waals surface area contributed by atoms with Gasteiger partial charge < -0.3 is 19.5 Å². The number of aromatic nitrogens is 5. The zero-order valence-corrected chi connectivity index (χ0v) is 23.2. The van der Waals surface area contributed by atoms with Gasteiger partial charge in [-0.05, 0) is 43.0 Å². The molecule has 0 saturated carbocycles. The van der Waals surface area contributed by atoms with E-state index in [0.29, 0.717) is 74.4 Å². The van der Waals surface area contributed by atoms with Gasteiger partial charge in [-0.25, -0.2) is 14.4 Å². The molecule has 2 aromatic carbocycles. The lowest BCUT2D eigenvalue weighted by molar-refractivity contribution is 0.00412. The number of aromatic amines is 1. The molecule has 1 saturated heterocycles. The van der Waals surface area contributed by atoms with Crippen LogP contribution in [0.2, 0.25) is 0 Å². The van der Waals surface area contributed by atoms with Crippen LogP contribution < -0.4 is 15.6 Å². The van der Waals surface area contributed by atoms with Gasteiger partial charge in [0.05, 0.1) is 25.2 Å². The summed E-state index contributed by atoms with van der Waals surface area (Å²) >= 11 is 0. The first-order valence-electron chi connectivity index (χ1n) is 13.9. The summed E-state index contributed by atoms with van der Waals surface area (Å²) in [6.07, 6.45) is 1.22. The van der Waals surface area contributed by atoms with Crippen molar-refractivity contribution in [3.05, 3.63) is 93.2 Å². The minimum Gasteiger partial charge on any atom is -0.481 e. The molecule has 218 valence electrons. The Morgan fingerprint density at radius 3 is 2.69 bits per heavy atom. The SMILES string of the molecule is Cc1n[nH]c(-c2cc(F)ccc2CNC(=O)c2nc3n(c(=O)c2OCc2ccccc2)CCOCC32CCOCC2)n1. The highest BCUT2D eigenvalue weighted by Gasteiger charge is 2.42. The molecule has 2 N–H and O–H groups in total. The van der Waals surface area contributed by atoms with Crippen LogP contribution in [0.5, 0.6) is 5.75 Å². The van der Waals surface area contributed by atoms with Crippen molar-refractivity contribution < 1.29 is 23.4 Å². The van der Waals surface area contributed by atoms with E-state index in [2.05, 4.69) is 20.5 Å². The van der Waals surface area contributed by atoms with E-state index in [9.17, 15) is 14.0 Å². The number of aryl methyl sites for hydroxylation is 1. The number of rotatable bonds is 7. The first kappa shape index (κ1) is 27.7. The minimum absolute atomic E-state index is 0.0223. The summed E-state index contributed by atoms with van der Waals surface area (Å²) in [6, 6.07) is 13.6. The first-order valence-corrected chi connectivity index (χ1v) is 13.9. The van der Waals surface area contributed by atoms with Gasteiger partial charge in [0.25, 0.3) is 11.5 Å². The molecule has 1 amide bonds. The molecule has 0 aliphatic carbocycles. The van der Waals surface area contributed by atoms with Crippen LogP contribution in [0, 0.1) is 12.7 Å². The normalized spacial score (nSPS) is 16.0. The van der Waals surface area contributed by atoms with Crippen molar-refractivity contribution in [1.82, 2.24) is 30.0 Å². The average molecular weight is 575 g/mol. The van der Waals surface area contributed by atoms with Gasteiger partial charge in [-0.2, -0.15) is 5.10 Å². The largest absolute Gasteiger partial charge is 0.481 e. The average Bonchev–Trinajstić information content (AvgIpc) is 3.37. The summed E-state index contributed by atoms with van der Waals surface area (Å²) in [5.41, 5.74) is 0.810. The van der Waals surface area contributed by atoms with Gasteiger partial charge in [0.2, 0.25) is 5.75 Å². The third-order valence-corrected chi connectivity index (χ3v) is 7.69. The van der Waals surface area contributed by atoms with Gasteiger partial charge in [0.15, 0.2) is 11.5 Å². The van der Waals surface area contributed by atoms with Crippen molar-refractivity contribution in [3.8, 4) is 17.1 Å². The fraction of sp³-hybridized carbons (Fsp3) is 0.367. The quantitative estimate of drug-likeness (QED) is 0.344. The van der Waals surface area contributed by atoms with Crippen LogP contribution in [0.15, 0.2) is 53.3 Å². The summed E-state index contributed by atoms with van der Waals surface area (Å²) in [7, 11) is 0. The molecule has 1 fully saturated rings. The van der Waals surface area contributed by atoms with Crippen LogP contribution in [0.1, 0.15) is 46.1 Å². The molecule has 2 aliphatic heterocycles. The topological polar surface area (TPSA) is 133 Å². The molecule has 1 spiro atoms. The molecule has 2 aromatic heterocycles. The van der Waals surface area contributed by atoms with E-state index in [1.165, 1.54) is 12.1 Å². The summed E-state index contributed by atoms with van der Waals surface area (Å²) in [5.74, 6) is 0.223. The Morgan fingerprint density at radius 2 is 1.93 bits per heavy atom. The number of H-pyrrole nitrogens is 1. The maximum atomic E-state index is 14.2. The summed E-state index contributed by atoms with van der Waals surface area (Å²) in [4.78, 5) is 36.9. The van der Waals surface area contributed by atoms with Gasteiger partial charge in [-0.15, -0.1) is 0 Å². The predicted molar refractivity (Wildman–Crippen MR) is 150 cm³/mol. The van der Waals surface area contributed by atoms with Crippen LogP contribution in [0.25, 0.3) is 11.4 Å². The number of hydrogen-bond acceptors (Lipinski definition) is 8. The van der Waals surface area contributed by atoms with Crippen LogP contribution in [-0.4, -0.2) is 57.1 Å². The lowest BCUT2D eigenvalue weighted by Gasteiger charge is -2.36. The van der Waals surface area contributed by atoms with Crippen LogP contribution in [-0.2, 0) is 34.6 Å². The van der Waals surface area contributed by atoms with Crippen molar-refractivity contribution in [1.29, 1.82) is 0 Å². The Bertz CT molecular complexity index is 1650. The van der Waals surface area contributed by atoms with Gasteiger partial charge >= 0.3 is 0 Å². The van der Waals surface area contributed by atoms with Crippen molar-refractivity contribution in [2.75, 3.05) is 26.4 Å². The highest BCUT2D eigenvalue weighted by molar-refractivity contribution is 5.95. The minimum atomic E-state index is -0.588. The summed E-state index contributed by atoms with van der Waals surface area (Å²) in [6.45, 7) is 3.84. The molecule has 0 unspecified atom stereocenters. The van der Waals surface area contributed by atoms with E-state index in [4.69, 9.17) is 19.2 Å². The molecular formula is C30H31FN6O5. The maximum Gasteiger partial charge on any atom is 0.296 e. The van der Waals surface area contributed by atoms with Crippen molar-refractivity contribution in [2.24, 2.45) is 0 Å². The van der Waals surface area contributed by atoms with Gasteiger partial charge in [0, 0.05) is 25.3 Å². The van der Waals surface area contributed by atoms with E-state index < -0.39 is 22.7 Å². The Hall–Kier alpha value is -4.42. The van der Waals surface area contributed by atoms with Crippen molar-refractivity contribution >= 4 is 5.91 Å². The Labute approximate surface area is 241 Å². The molecule has 0 bridgehead atoms. The summed E-state index contributed by atoms with van der Waals surface area (Å²) < 4.78 is 33.3. The number of nitrogens with zero attached hydrogens (tertiary/aromatic N) is 4. The zero-order chi connectivity index (χ0) is 29.1. The standard InChI is InChI=1S/C30H31FN6O5/c1-19-33-26(36-35-19)23-15-22(31)8-7-21(23)16-32-27(38)24-25(42-17-20-5-3-2-4-6-20)28(39)37-11-14-41-18-30(29(37)34-24)9-12-40-13-10-30/h2-8,15H,9-14,16-18H2,1H3,(H,32,38)(H,33,35,36). The first-order chi connectivity index (χ1) is 20.4. The molecule has 2 aliphatic rings. The highest BCUT2D eigenvalue weighted by atomic mass is 19.1. The van der Waals surface area contributed by atoms with E-state index in [0.717, 1.165) is 5.56 Å². The number of halogens is 1. The third kappa shape index (κ3) is 5.55. The Balaban J connectivity index is 1.37. The lowest BCUT2D eigenvalue weighted by atomic mass is 9.80. The van der Waals surface area contributed by atoms with Gasteiger partial charge in [-0.1, -0.05) is 36.4 Å². The molecule has 12 heteroatoms. The third-order valence-electron chi connectivity index (χ3n) is 7.69. The van der Waals surface area contributed by atoms with Crippen molar-refractivity contribution in [2.45, 2.75) is 44.9 Å². The number of nitrogens with one attached hydrogen (secondary N) is 2. The van der Waals surface area contributed by atoms with E-state index in [-0.39, 0.29) is 24.6 Å². The fourth-order valence-electron chi connectivity index (χ4n) is 5.43. The summed E-state index contributed by atoms with van der Waals surface area (Å²) in [5, 5.41) is 9.69. The monoisotopic (exact) mass is 574 g/mol. The molecule has 4 heterocycles. The predicted octanol–water partition coefficient (Wildman–Crippen LogP) is 3.06.